The number of hydrogen-bond donors (Lipinski definition) is 0. The molecule has 1 aromatic carbocycles. The summed E-state index contributed by atoms with van der Waals surface area (Å²) in [7, 11) is 1.61. The van der Waals surface area contributed by atoms with Gasteiger partial charge in [0, 0.05) is 5.56 Å². The van der Waals surface area contributed by atoms with E-state index in [1.807, 2.05) is 24.3 Å². The summed E-state index contributed by atoms with van der Waals surface area (Å²) in [4.78, 5) is 10.5. The molecule has 1 aromatic rings. The van der Waals surface area contributed by atoms with Crippen LogP contribution >= 0.6 is 0 Å². The molecule has 0 aliphatic carbocycles. The van der Waals surface area contributed by atoms with E-state index in [-0.39, 0.29) is 6.23 Å². The number of benzene rings is 1. The molecular formula is C10H12N2O3. The molecule has 1 aliphatic heterocycles. The molecule has 5 nitrogen and oxygen atoms in total. The van der Waals surface area contributed by atoms with E-state index in [2.05, 4.69) is 5.29 Å². The molecule has 0 amide bonds. The van der Waals surface area contributed by atoms with Gasteiger partial charge < -0.3 is 9.47 Å². The summed E-state index contributed by atoms with van der Waals surface area (Å²) < 4.78 is 10.5. The summed E-state index contributed by atoms with van der Waals surface area (Å²) in [5.74, 6) is 0.780. The molecule has 1 atom stereocenters. The molecule has 1 heterocycles. The number of rotatable bonds is 3. The van der Waals surface area contributed by atoms with Crippen LogP contribution in [0, 0.1) is 4.91 Å². The van der Waals surface area contributed by atoms with Gasteiger partial charge in [-0.2, -0.15) is 0 Å². The van der Waals surface area contributed by atoms with E-state index in [9.17, 15) is 4.91 Å². The smallest absolute Gasteiger partial charge is 0.174 e. The molecule has 0 radical (unpaired) electrons. The molecule has 2 rings (SSSR count). The predicted molar refractivity (Wildman–Crippen MR) is 54.2 cm³/mol. The maximum absolute atomic E-state index is 10.5. The summed E-state index contributed by atoms with van der Waals surface area (Å²) in [5, 5.41) is 4.31. The van der Waals surface area contributed by atoms with Crippen molar-refractivity contribution in [3.8, 4) is 5.75 Å². The van der Waals surface area contributed by atoms with Crippen molar-refractivity contribution in [2.75, 3.05) is 20.3 Å². The Morgan fingerprint density at radius 2 is 2.20 bits per heavy atom. The van der Waals surface area contributed by atoms with Gasteiger partial charge in [-0.1, -0.05) is 12.1 Å². The number of ether oxygens (including phenoxy) is 2. The first-order valence-electron chi connectivity index (χ1n) is 4.70. The number of methoxy groups -OCH3 is 1. The Bertz CT molecular complexity index is 339. The molecule has 0 aromatic heterocycles. The van der Waals surface area contributed by atoms with Gasteiger partial charge in [0.25, 0.3) is 0 Å². The average molecular weight is 208 g/mol. The quantitative estimate of drug-likeness (QED) is 0.709. The average Bonchev–Trinajstić information content (AvgIpc) is 2.77. The van der Waals surface area contributed by atoms with Crippen LogP contribution in [0.25, 0.3) is 0 Å². The first kappa shape index (κ1) is 9.92. The van der Waals surface area contributed by atoms with Crippen molar-refractivity contribution in [1.82, 2.24) is 5.01 Å². The Morgan fingerprint density at radius 1 is 1.47 bits per heavy atom. The molecule has 1 saturated heterocycles. The van der Waals surface area contributed by atoms with Gasteiger partial charge in [-0.3, -0.25) is 0 Å². The van der Waals surface area contributed by atoms with Gasteiger partial charge in [0.2, 0.25) is 0 Å². The minimum atomic E-state index is -0.353. The molecule has 15 heavy (non-hydrogen) atoms. The fourth-order valence-electron chi connectivity index (χ4n) is 1.58. The number of nitrogens with zero attached hydrogens (tertiary/aromatic N) is 2. The van der Waals surface area contributed by atoms with Crippen molar-refractivity contribution in [1.29, 1.82) is 0 Å². The van der Waals surface area contributed by atoms with Crippen LogP contribution in [0.3, 0.4) is 0 Å². The highest BCUT2D eigenvalue weighted by Crippen LogP contribution is 2.27. The second-order valence-corrected chi connectivity index (χ2v) is 3.24. The summed E-state index contributed by atoms with van der Waals surface area (Å²) in [5.41, 5.74) is 0.910. The molecule has 0 N–H and O–H groups in total. The summed E-state index contributed by atoms with van der Waals surface area (Å²) >= 11 is 0. The van der Waals surface area contributed by atoms with Crippen molar-refractivity contribution in [2.24, 2.45) is 5.29 Å². The largest absolute Gasteiger partial charge is 0.497 e. The molecule has 1 unspecified atom stereocenters. The summed E-state index contributed by atoms with van der Waals surface area (Å²) in [6.07, 6.45) is -0.353. The fraction of sp³-hybridized carbons (Fsp3) is 0.400. The van der Waals surface area contributed by atoms with Gasteiger partial charge in [0.15, 0.2) is 6.23 Å². The van der Waals surface area contributed by atoms with Crippen LogP contribution in [0.5, 0.6) is 5.75 Å². The maximum atomic E-state index is 10.5. The standard InChI is InChI=1S/C10H12N2O3/c1-14-9-4-2-8(3-5-9)10-12(11-13)6-7-15-10/h2-5,10H,6-7H2,1H3. The lowest BCUT2D eigenvalue weighted by Gasteiger charge is -2.16. The highest BCUT2D eigenvalue weighted by molar-refractivity contribution is 5.28. The van der Waals surface area contributed by atoms with Gasteiger partial charge in [0.1, 0.15) is 5.75 Å². The first-order valence-corrected chi connectivity index (χ1v) is 4.70. The molecule has 1 fully saturated rings. The van der Waals surface area contributed by atoms with E-state index in [0.29, 0.717) is 13.2 Å². The van der Waals surface area contributed by atoms with Gasteiger partial charge in [-0.05, 0) is 12.1 Å². The van der Waals surface area contributed by atoms with E-state index in [4.69, 9.17) is 9.47 Å². The van der Waals surface area contributed by atoms with E-state index < -0.39 is 0 Å². The molecule has 80 valence electrons. The van der Waals surface area contributed by atoms with Gasteiger partial charge in [0.05, 0.1) is 25.5 Å². The fourth-order valence-corrected chi connectivity index (χ4v) is 1.58. The third kappa shape index (κ3) is 1.92. The van der Waals surface area contributed by atoms with Gasteiger partial charge in [-0.15, -0.1) is 4.91 Å². The monoisotopic (exact) mass is 208 g/mol. The van der Waals surface area contributed by atoms with E-state index in [1.165, 1.54) is 5.01 Å². The zero-order chi connectivity index (χ0) is 10.7. The minimum Gasteiger partial charge on any atom is -0.497 e. The Balaban J connectivity index is 2.17. The second-order valence-electron chi connectivity index (χ2n) is 3.24. The normalized spacial score (nSPS) is 20.3. The number of hydrogen-bond acceptors (Lipinski definition) is 4. The zero-order valence-corrected chi connectivity index (χ0v) is 8.42. The minimum absolute atomic E-state index is 0.353. The first-order chi connectivity index (χ1) is 7.35. The van der Waals surface area contributed by atoms with Crippen molar-refractivity contribution < 1.29 is 9.47 Å². The molecule has 5 heteroatoms. The van der Waals surface area contributed by atoms with Crippen molar-refractivity contribution in [2.45, 2.75) is 6.23 Å². The van der Waals surface area contributed by atoms with Crippen LogP contribution in [-0.2, 0) is 4.74 Å². The van der Waals surface area contributed by atoms with Gasteiger partial charge in [-0.25, -0.2) is 5.01 Å². The number of nitroso groups, excluding NO2 is 1. The summed E-state index contributed by atoms with van der Waals surface area (Å²) in [6, 6.07) is 7.40. The molecule has 0 spiro atoms. The second kappa shape index (κ2) is 4.27. The SMILES string of the molecule is COc1ccc(C2OCCN2N=O)cc1. The Kier molecular flexibility index (Phi) is 2.82. The van der Waals surface area contributed by atoms with E-state index in [1.54, 1.807) is 7.11 Å². The van der Waals surface area contributed by atoms with Crippen LogP contribution < -0.4 is 4.74 Å². The van der Waals surface area contributed by atoms with Crippen LogP contribution in [0.4, 0.5) is 0 Å². The van der Waals surface area contributed by atoms with Crippen molar-refractivity contribution in [3.05, 3.63) is 34.7 Å². The highest BCUT2D eigenvalue weighted by atomic mass is 16.5. The lowest BCUT2D eigenvalue weighted by atomic mass is 10.2. The molecule has 0 saturated carbocycles. The van der Waals surface area contributed by atoms with E-state index in [0.717, 1.165) is 11.3 Å². The Labute approximate surface area is 87.5 Å². The lowest BCUT2D eigenvalue weighted by Crippen LogP contribution is -2.16. The van der Waals surface area contributed by atoms with Crippen molar-refractivity contribution in [3.63, 3.8) is 0 Å². The topological polar surface area (TPSA) is 51.1 Å². The van der Waals surface area contributed by atoms with Crippen LogP contribution in [0.15, 0.2) is 29.6 Å². The van der Waals surface area contributed by atoms with Crippen molar-refractivity contribution >= 4 is 0 Å². The molecular weight excluding hydrogens is 196 g/mol. The highest BCUT2D eigenvalue weighted by Gasteiger charge is 2.26. The lowest BCUT2D eigenvalue weighted by molar-refractivity contribution is 0.0330. The van der Waals surface area contributed by atoms with E-state index >= 15 is 0 Å². The van der Waals surface area contributed by atoms with Crippen LogP contribution in [-0.4, -0.2) is 25.3 Å². The van der Waals surface area contributed by atoms with Gasteiger partial charge >= 0.3 is 0 Å². The Hall–Kier alpha value is -1.62. The predicted octanol–water partition coefficient (Wildman–Crippen LogP) is 1.71. The molecule has 0 bridgehead atoms. The Morgan fingerprint density at radius 3 is 2.80 bits per heavy atom. The third-order valence-corrected chi connectivity index (χ3v) is 2.37. The summed E-state index contributed by atoms with van der Waals surface area (Å²) in [6.45, 7) is 1.07. The third-order valence-electron chi connectivity index (χ3n) is 2.37. The van der Waals surface area contributed by atoms with Crippen LogP contribution in [0.2, 0.25) is 0 Å². The van der Waals surface area contributed by atoms with Crippen LogP contribution in [0.1, 0.15) is 11.8 Å². The molecule has 1 aliphatic rings. The maximum Gasteiger partial charge on any atom is 0.174 e. The zero-order valence-electron chi connectivity index (χ0n) is 8.42.